The van der Waals surface area contributed by atoms with Crippen LogP contribution in [0.1, 0.15) is 132 Å². The van der Waals surface area contributed by atoms with Crippen molar-refractivity contribution in [2.24, 2.45) is 61.9 Å². The van der Waals surface area contributed by atoms with Crippen molar-refractivity contribution in [1.29, 1.82) is 0 Å². The molecule has 1 aromatic carbocycles. The zero-order chi connectivity index (χ0) is 40.5. The minimum absolute atomic E-state index is 0.0320. The lowest BCUT2D eigenvalue weighted by molar-refractivity contribution is -0.235. The van der Waals surface area contributed by atoms with Crippen molar-refractivity contribution in [3.8, 4) is 0 Å². The number of rotatable bonds is 12. The predicted octanol–water partition coefficient (Wildman–Crippen LogP) is 8.86. The van der Waals surface area contributed by atoms with Gasteiger partial charge in [0, 0.05) is 48.5 Å². The number of aliphatic carboxylic acids is 1. The SMILES string of the molecule is CC(C)C1=C2[C@H]3CCC4[C@@]5(C)CC[C@H](OC(=O)CC(C)(C)C(=O)O)C(C)(C)[C@@H]5CC[C@@]4(C)[C@]3(C)CC[C@@]2([C@@H](O)CN(CCN)Cc2ccc(Cl)cc2)CC1=O. The third-order valence-corrected chi connectivity index (χ3v) is 16.9. The van der Waals surface area contributed by atoms with Gasteiger partial charge in [-0.25, -0.2) is 0 Å². The van der Waals surface area contributed by atoms with Crippen molar-refractivity contribution in [2.75, 3.05) is 19.6 Å². The fourth-order valence-corrected chi connectivity index (χ4v) is 13.7. The van der Waals surface area contributed by atoms with Gasteiger partial charge in [0.1, 0.15) is 6.10 Å². The van der Waals surface area contributed by atoms with Crippen molar-refractivity contribution in [2.45, 2.75) is 145 Å². The fourth-order valence-electron chi connectivity index (χ4n) is 13.6. The Kier molecular flexibility index (Phi) is 11.4. The molecule has 9 heteroatoms. The number of nitrogens with two attached hydrogens (primary N) is 1. The number of carbonyl (C=O) groups is 3. The lowest BCUT2D eigenvalue weighted by atomic mass is 9.33. The maximum Gasteiger partial charge on any atom is 0.309 e. The minimum atomic E-state index is -1.17. The molecule has 0 amide bonds. The Labute approximate surface area is 335 Å². The van der Waals surface area contributed by atoms with Crippen molar-refractivity contribution < 1.29 is 29.3 Å². The van der Waals surface area contributed by atoms with Crippen LogP contribution in [0, 0.1) is 56.2 Å². The van der Waals surface area contributed by atoms with Crippen LogP contribution in [0.15, 0.2) is 35.4 Å². The van der Waals surface area contributed by atoms with Gasteiger partial charge in [0.25, 0.3) is 0 Å². The van der Waals surface area contributed by atoms with E-state index in [0.717, 1.165) is 62.5 Å². The van der Waals surface area contributed by atoms with Crippen molar-refractivity contribution in [3.63, 3.8) is 0 Å². The van der Waals surface area contributed by atoms with Gasteiger partial charge >= 0.3 is 11.9 Å². The van der Waals surface area contributed by atoms with Crippen molar-refractivity contribution in [1.82, 2.24) is 4.90 Å². The summed E-state index contributed by atoms with van der Waals surface area (Å²) in [6.07, 6.45) is 7.00. The largest absolute Gasteiger partial charge is 0.481 e. The molecule has 0 aliphatic heterocycles. The highest BCUT2D eigenvalue weighted by molar-refractivity contribution is 6.30. The van der Waals surface area contributed by atoms with Gasteiger partial charge in [0.05, 0.1) is 17.9 Å². The Morgan fingerprint density at radius 2 is 1.64 bits per heavy atom. The van der Waals surface area contributed by atoms with Crippen molar-refractivity contribution in [3.05, 3.63) is 46.0 Å². The second-order valence-electron chi connectivity index (χ2n) is 20.7. The van der Waals surface area contributed by atoms with E-state index in [2.05, 4.69) is 53.4 Å². The first-order valence-corrected chi connectivity index (χ1v) is 21.5. The zero-order valence-corrected chi connectivity index (χ0v) is 35.9. The number of carboxylic acid groups (broad SMARTS) is 1. The van der Waals surface area contributed by atoms with Gasteiger partial charge in [-0.1, -0.05) is 77.8 Å². The summed E-state index contributed by atoms with van der Waals surface area (Å²) in [4.78, 5) is 41.4. The van der Waals surface area contributed by atoms with Gasteiger partial charge < -0.3 is 20.7 Å². The summed E-state index contributed by atoms with van der Waals surface area (Å²) in [6.45, 7) is 21.9. The van der Waals surface area contributed by atoms with E-state index in [4.69, 9.17) is 22.1 Å². The molecule has 0 spiro atoms. The molecule has 0 aromatic heterocycles. The van der Waals surface area contributed by atoms with Gasteiger partial charge in [0.2, 0.25) is 0 Å². The molecule has 9 atom stereocenters. The van der Waals surface area contributed by atoms with Crippen LogP contribution in [0.4, 0.5) is 0 Å². The molecule has 1 aromatic rings. The van der Waals surface area contributed by atoms with Gasteiger partial charge in [-0.2, -0.15) is 0 Å². The summed E-state index contributed by atoms with van der Waals surface area (Å²) in [6, 6.07) is 7.86. The summed E-state index contributed by atoms with van der Waals surface area (Å²) in [5.74, 6) is -0.0535. The Balaban J connectivity index is 1.28. The van der Waals surface area contributed by atoms with E-state index in [1.165, 1.54) is 5.57 Å². The molecule has 0 bridgehead atoms. The highest BCUT2D eigenvalue weighted by Crippen LogP contribution is 2.77. The molecule has 1 unspecified atom stereocenters. The number of Topliss-reactive ketones (excluding diaryl/α,β-unsaturated/α-hetero) is 1. The van der Waals surface area contributed by atoms with Crippen LogP contribution in [0.2, 0.25) is 5.02 Å². The van der Waals surface area contributed by atoms with E-state index in [1.54, 1.807) is 13.8 Å². The highest BCUT2D eigenvalue weighted by Gasteiger charge is 2.71. The first-order valence-electron chi connectivity index (χ1n) is 21.1. The van der Waals surface area contributed by atoms with E-state index >= 15 is 0 Å². The molecule has 5 aliphatic carbocycles. The third-order valence-electron chi connectivity index (χ3n) is 16.7. The molecule has 0 radical (unpaired) electrons. The van der Waals surface area contributed by atoms with Crippen LogP contribution in [-0.2, 0) is 25.7 Å². The number of benzene rings is 1. The number of esters is 1. The lowest BCUT2D eigenvalue weighted by Crippen LogP contribution is -2.66. The first-order chi connectivity index (χ1) is 25.6. The van der Waals surface area contributed by atoms with Crippen LogP contribution in [0.25, 0.3) is 0 Å². The number of aliphatic hydroxyl groups excluding tert-OH is 1. The number of allylic oxidation sites excluding steroid dienone is 1. The molecule has 6 rings (SSSR count). The molecule has 4 N–H and O–H groups in total. The minimum Gasteiger partial charge on any atom is -0.481 e. The Morgan fingerprint density at radius 3 is 2.25 bits per heavy atom. The number of carboxylic acids is 1. The molecular formula is C46H69ClN2O6. The standard InChI is InChI=1S/C46H69ClN2O6/c1-28(2)38-32(50)24-46(35(51)27-49(23-22-48)26-29-10-12-30(47)13-11-29)21-20-44(8)31(39(38)46)14-15-34-43(7)18-17-36(55-37(52)25-41(3,4)40(53)54)42(5,6)33(43)16-19-45(34,44)9/h10-13,28,31,33-36,51H,14-27,48H2,1-9H3,(H,53,54)/t31-,33+,34?,35+,36+,43+,44-,45-,46+/m1/s1. The smallest absolute Gasteiger partial charge is 0.309 e. The average molecular weight is 782 g/mol. The van der Waals surface area contributed by atoms with E-state index in [9.17, 15) is 24.6 Å². The highest BCUT2D eigenvalue weighted by atomic mass is 35.5. The van der Waals surface area contributed by atoms with Crippen LogP contribution >= 0.6 is 11.6 Å². The molecule has 8 nitrogen and oxygen atoms in total. The molecule has 5 aliphatic rings. The number of fused-ring (bicyclic) bond motifs is 7. The fraction of sp³-hybridized carbons (Fsp3) is 0.761. The third kappa shape index (κ3) is 6.95. The number of aliphatic hydroxyl groups is 1. The topological polar surface area (TPSA) is 130 Å². The Morgan fingerprint density at radius 1 is 0.964 bits per heavy atom. The molecule has 4 fully saturated rings. The molecule has 55 heavy (non-hydrogen) atoms. The predicted molar refractivity (Wildman–Crippen MR) is 217 cm³/mol. The van der Waals surface area contributed by atoms with Gasteiger partial charge in [-0.05, 0) is 128 Å². The zero-order valence-electron chi connectivity index (χ0n) is 35.1. The summed E-state index contributed by atoms with van der Waals surface area (Å²) < 4.78 is 6.18. The van der Waals surface area contributed by atoms with Gasteiger partial charge in [-0.3, -0.25) is 19.3 Å². The van der Waals surface area contributed by atoms with Crippen LogP contribution < -0.4 is 5.73 Å². The molecule has 0 saturated heterocycles. The van der Waals surface area contributed by atoms with Crippen LogP contribution in [-0.4, -0.2) is 64.7 Å². The summed E-state index contributed by atoms with van der Waals surface area (Å²) in [5.41, 5.74) is 7.54. The molecule has 0 heterocycles. The number of ether oxygens (including phenoxy) is 1. The molecular weight excluding hydrogens is 712 g/mol. The molecule has 4 saturated carbocycles. The Hall–Kier alpha value is -2.26. The number of hydrogen-bond donors (Lipinski definition) is 3. The maximum atomic E-state index is 14.2. The summed E-state index contributed by atoms with van der Waals surface area (Å²) >= 11 is 6.19. The van der Waals surface area contributed by atoms with E-state index in [-0.39, 0.29) is 51.8 Å². The number of nitrogens with zero attached hydrogens (tertiary/aromatic N) is 1. The van der Waals surface area contributed by atoms with Crippen molar-refractivity contribution >= 4 is 29.3 Å². The van der Waals surface area contributed by atoms with Crippen LogP contribution in [0.5, 0.6) is 0 Å². The normalized spacial score (nSPS) is 36.2. The van der Waals surface area contributed by atoms with Gasteiger partial charge in [-0.15, -0.1) is 0 Å². The number of hydrogen-bond acceptors (Lipinski definition) is 7. The lowest BCUT2D eigenvalue weighted by Gasteiger charge is -2.72. The Bertz CT molecular complexity index is 1690. The second-order valence-corrected chi connectivity index (χ2v) is 21.2. The quantitative estimate of drug-likeness (QED) is 0.180. The van der Waals surface area contributed by atoms with Gasteiger partial charge in [0.15, 0.2) is 5.78 Å². The van der Waals surface area contributed by atoms with E-state index in [1.807, 2.05) is 24.3 Å². The first kappa shape index (κ1) is 42.3. The average Bonchev–Trinajstić information content (AvgIpc) is 3.40. The monoisotopic (exact) mass is 780 g/mol. The number of carbonyl (C=O) groups excluding carboxylic acids is 2. The second kappa shape index (κ2) is 14.8. The molecule has 306 valence electrons. The number of halogens is 1. The van der Waals surface area contributed by atoms with Crippen LogP contribution in [0.3, 0.4) is 0 Å². The maximum absolute atomic E-state index is 14.2. The summed E-state index contributed by atoms with van der Waals surface area (Å²) in [5, 5.41) is 22.8. The van der Waals surface area contributed by atoms with E-state index in [0.29, 0.717) is 49.5 Å². The number of ketones is 1. The summed E-state index contributed by atoms with van der Waals surface area (Å²) in [7, 11) is 0. The van der Waals surface area contributed by atoms with E-state index < -0.39 is 28.9 Å².